The predicted octanol–water partition coefficient (Wildman–Crippen LogP) is 7.16. The van der Waals surface area contributed by atoms with E-state index in [2.05, 4.69) is 79.8 Å². The molecule has 0 fully saturated rings. The molecule has 0 amide bonds. The third kappa shape index (κ3) is 4.05. The fourth-order valence-electron chi connectivity index (χ4n) is 2.94. The molecule has 0 heterocycles. The maximum absolute atomic E-state index is 3.56. The van der Waals surface area contributed by atoms with Crippen LogP contribution in [-0.2, 0) is 0 Å². The van der Waals surface area contributed by atoms with Crippen molar-refractivity contribution in [2.45, 2.75) is 0 Å². The van der Waals surface area contributed by atoms with Crippen molar-refractivity contribution in [1.29, 1.82) is 0 Å². The lowest BCUT2D eigenvalue weighted by Crippen LogP contribution is -1.86. The Labute approximate surface area is 181 Å². The molecule has 0 aliphatic heterocycles. The second-order valence-corrected chi connectivity index (χ2v) is 7.88. The second-order valence-electron chi connectivity index (χ2n) is 6.17. The van der Waals surface area contributed by atoms with E-state index in [1.54, 1.807) is 0 Å². The van der Waals surface area contributed by atoms with Gasteiger partial charge in [0.1, 0.15) is 0 Å². The largest absolute Gasteiger partial charge is 0.0611 e. The normalized spacial score (nSPS) is 9.93. The minimum absolute atomic E-state index is 0.969. The molecule has 4 aromatic rings. The summed E-state index contributed by atoms with van der Waals surface area (Å²) in [6.45, 7) is 0. The van der Waals surface area contributed by atoms with Crippen LogP contribution in [0, 0.1) is 23.7 Å². The second kappa shape index (κ2) is 8.49. The van der Waals surface area contributed by atoms with Crippen LogP contribution in [0.5, 0.6) is 0 Å². The van der Waals surface area contributed by atoms with Gasteiger partial charge in [-0.3, -0.25) is 0 Å². The van der Waals surface area contributed by atoms with Gasteiger partial charge < -0.3 is 0 Å². The Hall–Kier alpha value is -2.78. The Balaban J connectivity index is 1.85. The van der Waals surface area contributed by atoms with Gasteiger partial charge in [-0.1, -0.05) is 72.2 Å². The molecule has 2 heteroatoms. The summed E-state index contributed by atoms with van der Waals surface area (Å²) in [5.74, 6) is 13.2. The fraction of sp³-hybridized carbons (Fsp3) is 0. The standard InChI is InChI=1S/C26H14Br2/c27-24-13-3-1-7-19(24)15-17-22-11-5-9-21-10-6-12-23(26(21)22)18-16-20-8-2-4-14-25(20)28/h1-14H. The monoisotopic (exact) mass is 484 g/mol. The summed E-state index contributed by atoms with van der Waals surface area (Å²) < 4.78 is 1.99. The first-order chi connectivity index (χ1) is 13.7. The van der Waals surface area contributed by atoms with Crippen LogP contribution in [-0.4, -0.2) is 0 Å². The molecular weight excluding hydrogens is 472 g/mol. The summed E-state index contributed by atoms with van der Waals surface area (Å²) in [5.41, 5.74) is 3.89. The van der Waals surface area contributed by atoms with Gasteiger partial charge in [-0.25, -0.2) is 0 Å². The molecule has 0 spiro atoms. The molecule has 0 nitrogen and oxygen atoms in total. The molecule has 4 rings (SSSR count). The van der Waals surface area contributed by atoms with Crippen molar-refractivity contribution in [3.63, 3.8) is 0 Å². The Morgan fingerprint density at radius 3 is 1.29 bits per heavy atom. The summed E-state index contributed by atoms with van der Waals surface area (Å²) in [4.78, 5) is 0. The van der Waals surface area contributed by atoms with E-state index in [0.717, 1.165) is 42.0 Å². The lowest BCUT2D eigenvalue weighted by Gasteiger charge is -2.04. The first kappa shape index (κ1) is 18.6. The molecule has 0 atom stereocenters. The van der Waals surface area contributed by atoms with Crippen LogP contribution in [0.15, 0.2) is 93.9 Å². The Morgan fingerprint density at radius 2 is 0.821 bits per heavy atom. The zero-order valence-corrected chi connectivity index (χ0v) is 18.0. The summed E-state index contributed by atoms with van der Waals surface area (Å²) in [6, 6.07) is 28.4. The van der Waals surface area contributed by atoms with E-state index in [1.165, 1.54) is 0 Å². The van der Waals surface area contributed by atoms with Crippen LogP contribution in [0.25, 0.3) is 10.8 Å². The number of fused-ring (bicyclic) bond motifs is 1. The summed E-state index contributed by atoms with van der Waals surface area (Å²) in [6.07, 6.45) is 0. The lowest BCUT2D eigenvalue weighted by atomic mass is 9.99. The molecule has 28 heavy (non-hydrogen) atoms. The average Bonchev–Trinajstić information content (AvgIpc) is 2.72. The Kier molecular flexibility index (Phi) is 5.63. The van der Waals surface area contributed by atoms with E-state index >= 15 is 0 Å². The van der Waals surface area contributed by atoms with Crippen molar-refractivity contribution in [2.24, 2.45) is 0 Å². The van der Waals surface area contributed by atoms with E-state index < -0.39 is 0 Å². The molecule has 0 unspecified atom stereocenters. The minimum Gasteiger partial charge on any atom is -0.0611 e. The van der Waals surface area contributed by atoms with Crippen LogP contribution in [0.4, 0.5) is 0 Å². The number of rotatable bonds is 0. The van der Waals surface area contributed by atoms with Gasteiger partial charge in [0, 0.05) is 36.6 Å². The predicted molar refractivity (Wildman–Crippen MR) is 124 cm³/mol. The van der Waals surface area contributed by atoms with Crippen molar-refractivity contribution in [3.8, 4) is 23.7 Å². The van der Waals surface area contributed by atoms with Gasteiger partial charge in [0.25, 0.3) is 0 Å². The molecule has 0 radical (unpaired) electrons. The van der Waals surface area contributed by atoms with Crippen LogP contribution in [0.1, 0.15) is 22.3 Å². The Bertz CT molecular complexity index is 1200. The van der Waals surface area contributed by atoms with E-state index in [1.807, 2.05) is 60.7 Å². The third-order valence-electron chi connectivity index (χ3n) is 4.32. The Morgan fingerprint density at radius 1 is 0.429 bits per heavy atom. The van der Waals surface area contributed by atoms with Gasteiger partial charge in [0.2, 0.25) is 0 Å². The molecular formula is C26H14Br2. The molecule has 0 aromatic heterocycles. The van der Waals surface area contributed by atoms with Crippen LogP contribution in [0.2, 0.25) is 0 Å². The highest BCUT2D eigenvalue weighted by molar-refractivity contribution is 9.10. The van der Waals surface area contributed by atoms with Crippen molar-refractivity contribution >= 4 is 42.6 Å². The maximum Gasteiger partial charge on any atom is 0.0391 e. The maximum atomic E-state index is 3.56. The first-order valence-corrected chi connectivity index (χ1v) is 10.4. The molecule has 0 bridgehead atoms. The van der Waals surface area contributed by atoms with Gasteiger partial charge in [-0.2, -0.15) is 0 Å². The summed E-state index contributed by atoms with van der Waals surface area (Å²) in [7, 11) is 0. The number of hydrogen-bond acceptors (Lipinski definition) is 0. The zero-order valence-electron chi connectivity index (χ0n) is 14.8. The van der Waals surface area contributed by atoms with E-state index in [0.29, 0.717) is 0 Å². The van der Waals surface area contributed by atoms with Crippen molar-refractivity contribution in [3.05, 3.63) is 116 Å². The molecule has 4 aromatic carbocycles. The number of benzene rings is 4. The molecule has 0 aliphatic carbocycles. The smallest absolute Gasteiger partial charge is 0.0391 e. The molecule has 0 saturated heterocycles. The number of hydrogen-bond donors (Lipinski definition) is 0. The quantitative estimate of drug-likeness (QED) is 0.232. The highest BCUT2D eigenvalue weighted by atomic mass is 79.9. The SMILES string of the molecule is Brc1ccccc1C#Cc1cccc2cccc(C#Cc3ccccc3Br)c12. The lowest BCUT2D eigenvalue weighted by molar-refractivity contribution is 1.58. The third-order valence-corrected chi connectivity index (χ3v) is 5.70. The van der Waals surface area contributed by atoms with Crippen molar-refractivity contribution < 1.29 is 0 Å². The molecule has 132 valence electrons. The topological polar surface area (TPSA) is 0 Å². The molecule has 0 aliphatic rings. The van der Waals surface area contributed by atoms with Gasteiger partial charge in [-0.15, -0.1) is 0 Å². The average molecular weight is 486 g/mol. The highest BCUT2D eigenvalue weighted by Gasteiger charge is 2.04. The number of halogens is 2. The van der Waals surface area contributed by atoms with Crippen molar-refractivity contribution in [2.75, 3.05) is 0 Å². The van der Waals surface area contributed by atoms with E-state index in [4.69, 9.17) is 0 Å². The van der Waals surface area contributed by atoms with Gasteiger partial charge in [0.05, 0.1) is 0 Å². The van der Waals surface area contributed by atoms with Crippen LogP contribution >= 0.6 is 31.9 Å². The zero-order chi connectivity index (χ0) is 19.3. The van der Waals surface area contributed by atoms with Crippen LogP contribution in [0.3, 0.4) is 0 Å². The molecule has 0 saturated carbocycles. The van der Waals surface area contributed by atoms with E-state index in [-0.39, 0.29) is 0 Å². The first-order valence-electron chi connectivity index (χ1n) is 8.77. The van der Waals surface area contributed by atoms with Gasteiger partial charge >= 0.3 is 0 Å². The van der Waals surface area contributed by atoms with Gasteiger partial charge in [0.15, 0.2) is 0 Å². The van der Waals surface area contributed by atoms with Crippen LogP contribution < -0.4 is 0 Å². The fourth-order valence-corrected chi connectivity index (χ4v) is 3.71. The van der Waals surface area contributed by atoms with Gasteiger partial charge in [-0.05, 0) is 73.6 Å². The van der Waals surface area contributed by atoms with E-state index in [9.17, 15) is 0 Å². The van der Waals surface area contributed by atoms with Crippen molar-refractivity contribution in [1.82, 2.24) is 0 Å². The molecule has 0 N–H and O–H groups in total. The summed E-state index contributed by atoms with van der Waals surface area (Å²) >= 11 is 7.12. The highest BCUT2D eigenvalue weighted by Crippen LogP contribution is 2.23. The summed E-state index contributed by atoms with van der Waals surface area (Å²) in [5, 5.41) is 2.22. The minimum atomic E-state index is 0.969.